The van der Waals surface area contributed by atoms with E-state index >= 15 is 0 Å². The van der Waals surface area contributed by atoms with E-state index < -0.39 is 0 Å². The Bertz CT molecular complexity index is 499. The average molecular weight is 736 g/mol. The van der Waals surface area contributed by atoms with Gasteiger partial charge in [-0.15, -0.1) is 0 Å². The predicted molar refractivity (Wildman–Crippen MR) is 144 cm³/mol. The topological polar surface area (TPSA) is 79.6 Å². The van der Waals surface area contributed by atoms with Crippen LogP contribution in [0.1, 0.15) is 83.1 Å². The minimum absolute atomic E-state index is 0. The fourth-order valence-electron chi connectivity index (χ4n) is 2.75. The van der Waals surface area contributed by atoms with Crippen molar-refractivity contribution in [2.24, 2.45) is 21.7 Å². The Morgan fingerprint density at radius 2 is 0.500 bits per heavy atom. The van der Waals surface area contributed by atoms with E-state index in [2.05, 4.69) is 177 Å². The van der Waals surface area contributed by atoms with Crippen LogP contribution in [-0.2, 0) is 52.7 Å². The molecular weight excluding hydrogens is 694 g/mol. The Kier molecular flexibility index (Phi) is 40.8. The van der Waals surface area contributed by atoms with Gasteiger partial charge in [-0.25, -0.2) is 0 Å². The summed E-state index contributed by atoms with van der Waals surface area (Å²) in [7, 11) is 0. The summed E-state index contributed by atoms with van der Waals surface area (Å²) in [4.78, 5) is 0. The van der Waals surface area contributed by atoms with E-state index in [0.29, 0.717) is 0 Å². The monoisotopic (exact) mass is 738 g/mol. The molecule has 38 heavy (non-hydrogen) atoms. The summed E-state index contributed by atoms with van der Waals surface area (Å²) in [5.41, 5.74) is 1.12. The molecule has 0 unspecified atom stereocenters. The van der Waals surface area contributed by atoms with Crippen molar-refractivity contribution >= 4 is 28.4 Å². The van der Waals surface area contributed by atoms with Gasteiger partial charge in [-0.05, 0) is 83.9 Å². The third-order valence-corrected chi connectivity index (χ3v) is 4.97. The van der Waals surface area contributed by atoms with E-state index in [-0.39, 0.29) is 55.8 Å². The second-order valence-corrected chi connectivity index (χ2v) is 11.8. The normalized spacial score (nSPS) is 15.8. The van der Waals surface area contributed by atoms with Crippen LogP contribution in [0.15, 0.2) is 0 Å². The number of hydrogen-bond donors (Lipinski definition) is 0. The Morgan fingerprint density at radius 3 is 0.553 bits per heavy atom. The van der Waals surface area contributed by atoms with Crippen LogP contribution in [-0.4, -0.2) is 28.4 Å². The van der Waals surface area contributed by atoms with Gasteiger partial charge in [0.1, 0.15) is 0 Å². The molecular formula is C30H42Fe2O4Se2. The Hall–Kier alpha value is 1.04. The van der Waals surface area contributed by atoms with Crippen LogP contribution in [0, 0.1) is 110 Å². The molecule has 0 N–H and O–H groups in total. The first-order chi connectivity index (χ1) is 16.4. The molecule has 2 fully saturated rings. The fraction of sp³-hybridized carbons (Fsp3) is 0.533. The van der Waals surface area contributed by atoms with Crippen LogP contribution in [0.5, 0.6) is 0 Å². The van der Waals surface area contributed by atoms with Crippen molar-refractivity contribution in [3.05, 3.63) is 88.8 Å². The molecule has 214 valence electrons. The summed E-state index contributed by atoms with van der Waals surface area (Å²) < 4.78 is 30.0. The van der Waals surface area contributed by atoms with Crippen molar-refractivity contribution in [1.82, 2.24) is 0 Å². The van der Waals surface area contributed by atoms with Gasteiger partial charge in [0.25, 0.3) is 0 Å². The summed E-state index contributed by atoms with van der Waals surface area (Å²) >= 11 is 5.00. The van der Waals surface area contributed by atoms with Gasteiger partial charge in [-0.3, -0.25) is 0 Å². The number of rotatable bonds is 0. The van der Waals surface area contributed by atoms with Crippen LogP contribution in [0.2, 0.25) is 0 Å². The zero-order valence-electron chi connectivity index (χ0n) is 24.6. The van der Waals surface area contributed by atoms with Gasteiger partial charge in [0.15, 0.2) is 0 Å². The quantitative estimate of drug-likeness (QED) is 0.149. The van der Waals surface area contributed by atoms with Gasteiger partial charge < -0.3 is 0 Å². The molecule has 0 saturated heterocycles. The third-order valence-electron chi connectivity index (χ3n) is 4.97. The molecule has 0 amide bonds. The molecule has 0 aromatic rings. The van der Waals surface area contributed by atoms with E-state index in [1.807, 2.05) is 0 Å². The van der Waals surface area contributed by atoms with E-state index in [1.54, 1.807) is 0 Å². The zero-order valence-corrected chi connectivity index (χ0v) is 30.3. The van der Waals surface area contributed by atoms with Crippen molar-refractivity contribution in [3.63, 3.8) is 0 Å². The molecule has 2 rings (SSSR count). The molecule has 0 bridgehead atoms. The Morgan fingerprint density at radius 1 is 0.395 bits per heavy atom. The molecule has 2 aliphatic carbocycles. The fourth-order valence-corrected chi connectivity index (χ4v) is 2.75. The van der Waals surface area contributed by atoms with Gasteiger partial charge in [-0.2, -0.15) is 0 Å². The summed E-state index contributed by atoms with van der Waals surface area (Å²) in [6, 6.07) is 0. The summed E-state index contributed by atoms with van der Waals surface area (Å²) in [6.45, 7) is 45.1. The minimum atomic E-state index is 0. The average Bonchev–Trinajstić information content (AvgIpc) is 3.51. The van der Waals surface area contributed by atoms with Crippen LogP contribution in [0.3, 0.4) is 0 Å². The maximum atomic E-state index is 7.50. The van der Waals surface area contributed by atoms with Gasteiger partial charge in [0.05, 0.1) is 0 Å². The van der Waals surface area contributed by atoms with E-state index in [9.17, 15) is 0 Å². The molecule has 0 atom stereocenters. The SMILES string of the molecule is CC(C)(C)[C]1[CH][CH][C](C(C)(C)C)[CH]1.CC(C)(C)[C]1[CH][CH][C](C(C)(C)C)[CH]1.[C-]#[O+].[C-]#[O+].[C-]#[O+].[C-]#[O+].[Fe].[Fe].[Se][Se]. The third kappa shape index (κ3) is 26.0. The van der Waals surface area contributed by atoms with Crippen molar-refractivity contribution in [1.29, 1.82) is 0 Å². The molecule has 0 heterocycles. The second kappa shape index (κ2) is 28.2. The van der Waals surface area contributed by atoms with Crippen LogP contribution in [0.25, 0.3) is 0 Å². The van der Waals surface area contributed by atoms with Gasteiger partial charge >= 0.3 is 73.6 Å². The Labute approximate surface area is 272 Å². The van der Waals surface area contributed by atoms with Crippen LogP contribution >= 0.6 is 0 Å². The predicted octanol–water partition coefficient (Wildman–Crippen LogP) is 6.79. The van der Waals surface area contributed by atoms with E-state index in [4.69, 9.17) is 18.6 Å². The first-order valence-electron chi connectivity index (χ1n) is 11.0. The van der Waals surface area contributed by atoms with Crippen LogP contribution in [0.4, 0.5) is 0 Å². The van der Waals surface area contributed by atoms with Gasteiger partial charge in [0.2, 0.25) is 0 Å². The second-order valence-electron chi connectivity index (χ2n) is 11.8. The first-order valence-corrected chi connectivity index (χ1v) is 15.3. The van der Waals surface area contributed by atoms with Crippen molar-refractivity contribution in [2.75, 3.05) is 0 Å². The zero-order chi connectivity index (χ0) is 30.6. The van der Waals surface area contributed by atoms with Gasteiger partial charge in [0, 0.05) is 34.1 Å². The Balaban J connectivity index is -0.0000000731. The van der Waals surface area contributed by atoms with E-state index in [1.165, 1.54) is 23.7 Å². The molecule has 12 radical (unpaired) electrons. The molecule has 4 nitrogen and oxygen atoms in total. The summed E-state index contributed by atoms with van der Waals surface area (Å²) in [6.07, 6.45) is 13.7. The summed E-state index contributed by atoms with van der Waals surface area (Å²) in [5, 5.41) is 0. The molecule has 0 aliphatic heterocycles. The molecule has 0 aromatic heterocycles. The maximum absolute atomic E-state index is 7.50. The molecule has 0 aromatic carbocycles. The van der Waals surface area contributed by atoms with Crippen molar-refractivity contribution < 1.29 is 52.7 Å². The standard InChI is InChI=1S/2C13H21.4CO.2Fe.Se2/c2*1-12(2,3)10-7-8-11(9-10)13(4,5)6;4*1-2;;;1-2/h2*7-9H,1-6H3;;;;;;;. The number of hydrogen-bond acceptors (Lipinski definition) is 0. The molecule has 8 heteroatoms. The molecule has 0 spiro atoms. The molecule has 2 aliphatic rings. The van der Waals surface area contributed by atoms with E-state index in [0.717, 1.165) is 0 Å². The summed E-state index contributed by atoms with van der Waals surface area (Å²) in [5.74, 6) is 5.77. The first kappa shape index (κ1) is 55.0. The van der Waals surface area contributed by atoms with Crippen molar-refractivity contribution in [3.8, 4) is 0 Å². The van der Waals surface area contributed by atoms with Crippen LogP contribution < -0.4 is 0 Å². The van der Waals surface area contributed by atoms with Gasteiger partial charge in [-0.1, -0.05) is 83.1 Å². The molecule has 2 saturated carbocycles. The van der Waals surface area contributed by atoms with Crippen molar-refractivity contribution in [2.45, 2.75) is 83.1 Å².